The number of rotatable bonds is 10. The monoisotopic (exact) mass is 311 g/mol. The first kappa shape index (κ1) is 18.6. The molecule has 0 aliphatic rings. The van der Waals surface area contributed by atoms with Crippen molar-refractivity contribution in [3.8, 4) is 0 Å². The van der Waals surface area contributed by atoms with Crippen LogP contribution >= 0.6 is 11.3 Å². The van der Waals surface area contributed by atoms with Gasteiger partial charge in [-0.05, 0) is 24.3 Å². The van der Waals surface area contributed by atoms with Crippen molar-refractivity contribution in [2.24, 2.45) is 17.8 Å². The van der Waals surface area contributed by atoms with Crippen LogP contribution in [0.1, 0.15) is 52.2 Å². The maximum atomic E-state index is 4.78. The molecule has 0 amide bonds. The van der Waals surface area contributed by atoms with Crippen LogP contribution in [0.3, 0.4) is 0 Å². The molecule has 3 nitrogen and oxygen atoms in total. The first-order chi connectivity index (χ1) is 9.86. The van der Waals surface area contributed by atoms with Crippen molar-refractivity contribution in [1.29, 1.82) is 0 Å². The van der Waals surface area contributed by atoms with Crippen LogP contribution in [0.15, 0.2) is 5.38 Å². The van der Waals surface area contributed by atoms with Gasteiger partial charge in [0, 0.05) is 31.6 Å². The van der Waals surface area contributed by atoms with Gasteiger partial charge in [-0.3, -0.25) is 4.90 Å². The lowest BCUT2D eigenvalue weighted by Crippen LogP contribution is -2.31. The molecule has 4 heteroatoms. The highest BCUT2D eigenvalue weighted by Crippen LogP contribution is 2.14. The summed E-state index contributed by atoms with van der Waals surface area (Å²) in [6, 6.07) is 0. The van der Waals surface area contributed by atoms with E-state index in [9.17, 15) is 0 Å². The van der Waals surface area contributed by atoms with Crippen molar-refractivity contribution in [1.82, 2.24) is 15.2 Å². The van der Waals surface area contributed by atoms with Crippen molar-refractivity contribution >= 4 is 11.3 Å². The molecular weight excluding hydrogens is 278 g/mol. The summed E-state index contributed by atoms with van der Waals surface area (Å²) < 4.78 is 0. The predicted octanol–water partition coefficient (Wildman–Crippen LogP) is 4.00. The summed E-state index contributed by atoms with van der Waals surface area (Å²) in [5, 5.41) is 6.90. The topological polar surface area (TPSA) is 28.2 Å². The fourth-order valence-electron chi connectivity index (χ4n) is 2.44. The normalized spacial score (nSPS) is 12.3. The van der Waals surface area contributed by atoms with Gasteiger partial charge in [0.25, 0.3) is 0 Å². The zero-order valence-corrected chi connectivity index (χ0v) is 15.5. The van der Waals surface area contributed by atoms with E-state index in [4.69, 9.17) is 4.98 Å². The number of hydrogen-bond acceptors (Lipinski definition) is 4. The van der Waals surface area contributed by atoms with Crippen LogP contribution in [0.2, 0.25) is 0 Å². The van der Waals surface area contributed by atoms with Gasteiger partial charge in [-0.1, -0.05) is 41.5 Å². The molecule has 0 saturated carbocycles. The van der Waals surface area contributed by atoms with Gasteiger partial charge < -0.3 is 5.32 Å². The standard InChI is InChI=1S/C17H33N3S/c1-13(2)7-18-8-17-19-16(12-21-17)11-20(9-14(3)4)10-15(5)6/h12-15,18H,7-11H2,1-6H3. The van der Waals surface area contributed by atoms with E-state index in [1.165, 1.54) is 10.7 Å². The molecule has 0 aliphatic heterocycles. The summed E-state index contributed by atoms with van der Waals surface area (Å²) >= 11 is 1.78. The fourth-order valence-corrected chi connectivity index (χ4v) is 3.19. The highest BCUT2D eigenvalue weighted by molar-refractivity contribution is 7.09. The van der Waals surface area contributed by atoms with Crippen LogP contribution in [0.4, 0.5) is 0 Å². The Morgan fingerprint density at radius 2 is 1.67 bits per heavy atom. The van der Waals surface area contributed by atoms with E-state index in [2.05, 4.69) is 57.1 Å². The third kappa shape index (κ3) is 8.54. The fraction of sp³-hybridized carbons (Fsp3) is 0.824. The molecule has 0 spiro atoms. The van der Waals surface area contributed by atoms with Crippen molar-refractivity contribution in [2.75, 3.05) is 19.6 Å². The smallest absolute Gasteiger partial charge is 0.107 e. The second-order valence-corrected chi connectivity index (χ2v) is 8.18. The molecule has 1 rings (SSSR count). The molecule has 0 radical (unpaired) electrons. The van der Waals surface area contributed by atoms with E-state index >= 15 is 0 Å². The number of aromatic nitrogens is 1. The lowest BCUT2D eigenvalue weighted by Gasteiger charge is -2.25. The molecule has 1 heterocycles. The Labute approximate surface area is 135 Å². The first-order valence-electron chi connectivity index (χ1n) is 8.23. The lowest BCUT2D eigenvalue weighted by atomic mass is 10.1. The van der Waals surface area contributed by atoms with Gasteiger partial charge in [0.2, 0.25) is 0 Å². The molecule has 0 fully saturated rings. The van der Waals surface area contributed by atoms with Crippen molar-refractivity contribution < 1.29 is 0 Å². The first-order valence-corrected chi connectivity index (χ1v) is 9.11. The van der Waals surface area contributed by atoms with Crippen LogP contribution in [-0.4, -0.2) is 29.5 Å². The third-order valence-corrected chi connectivity index (χ3v) is 3.96. The van der Waals surface area contributed by atoms with Gasteiger partial charge in [-0.2, -0.15) is 0 Å². The van der Waals surface area contributed by atoms with E-state index in [0.717, 1.165) is 32.7 Å². The second kappa shape index (κ2) is 9.54. The van der Waals surface area contributed by atoms with Crippen LogP contribution in [0.5, 0.6) is 0 Å². The number of nitrogens with zero attached hydrogens (tertiary/aromatic N) is 2. The molecular formula is C17H33N3S. The van der Waals surface area contributed by atoms with Gasteiger partial charge in [-0.25, -0.2) is 4.98 Å². The average molecular weight is 312 g/mol. The Kier molecular flexibility index (Phi) is 8.45. The molecule has 0 unspecified atom stereocenters. The zero-order chi connectivity index (χ0) is 15.8. The zero-order valence-electron chi connectivity index (χ0n) is 14.6. The van der Waals surface area contributed by atoms with Gasteiger partial charge >= 0.3 is 0 Å². The molecule has 122 valence electrons. The van der Waals surface area contributed by atoms with Crippen molar-refractivity contribution in [2.45, 2.75) is 54.6 Å². The molecule has 0 aromatic carbocycles. The SMILES string of the molecule is CC(C)CNCc1nc(CN(CC(C)C)CC(C)C)cs1. The summed E-state index contributed by atoms with van der Waals surface area (Å²) in [6.07, 6.45) is 0. The summed E-state index contributed by atoms with van der Waals surface area (Å²) in [5.74, 6) is 2.10. The number of hydrogen-bond donors (Lipinski definition) is 1. The minimum atomic E-state index is 0.692. The van der Waals surface area contributed by atoms with Crippen molar-refractivity contribution in [3.05, 3.63) is 16.1 Å². The van der Waals surface area contributed by atoms with Crippen LogP contribution in [0.25, 0.3) is 0 Å². The minimum Gasteiger partial charge on any atom is -0.310 e. The average Bonchev–Trinajstić information content (AvgIpc) is 2.74. The second-order valence-electron chi connectivity index (χ2n) is 7.24. The van der Waals surface area contributed by atoms with E-state index < -0.39 is 0 Å². The van der Waals surface area contributed by atoms with E-state index in [1.54, 1.807) is 11.3 Å². The summed E-state index contributed by atoms with van der Waals surface area (Å²) in [6.45, 7) is 18.9. The van der Waals surface area contributed by atoms with Crippen LogP contribution in [-0.2, 0) is 13.1 Å². The highest BCUT2D eigenvalue weighted by atomic mass is 32.1. The molecule has 1 aromatic heterocycles. The molecule has 0 aliphatic carbocycles. The van der Waals surface area contributed by atoms with Crippen LogP contribution in [0, 0.1) is 17.8 Å². The predicted molar refractivity (Wildman–Crippen MR) is 93.6 cm³/mol. The van der Waals surface area contributed by atoms with E-state index in [1.807, 2.05) is 0 Å². The van der Waals surface area contributed by atoms with Gasteiger partial charge in [0.05, 0.1) is 5.69 Å². The Bertz CT molecular complexity index is 375. The highest BCUT2D eigenvalue weighted by Gasteiger charge is 2.12. The molecule has 0 bridgehead atoms. The van der Waals surface area contributed by atoms with E-state index in [-0.39, 0.29) is 0 Å². The Balaban J connectivity index is 2.49. The molecule has 1 aromatic rings. The number of nitrogens with one attached hydrogen (secondary N) is 1. The Morgan fingerprint density at radius 1 is 1.05 bits per heavy atom. The van der Waals surface area contributed by atoms with Crippen LogP contribution < -0.4 is 5.32 Å². The quantitative estimate of drug-likeness (QED) is 0.708. The van der Waals surface area contributed by atoms with Gasteiger partial charge in [-0.15, -0.1) is 11.3 Å². The maximum Gasteiger partial charge on any atom is 0.107 e. The minimum absolute atomic E-state index is 0.692. The molecule has 0 saturated heterocycles. The molecule has 1 N–H and O–H groups in total. The van der Waals surface area contributed by atoms with E-state index in [0.29, 0.717) is 17.8 Å². The lowest BCUT2D eigenvalue weighted by molar-refractivity contribution is 0.209. The van der Waals surface area contributed by atoms with Crippen molar-refractivity contribution in [3.63, 3.8) is 0 Å². The summed E-state index contributed by atoms with van der Waals surface area (Å²) in [5.41, 5.74) is 1.22. The molecule has 21 heavy (non-hydrogen) atoms. The van der Waals surface area contributed by atoms with Gasteiger partial charge in [0.1, 0.15) is 5.01 Å². The Morgan fingerprint density at radius 3 is 2.19 bits per heavy atom. The summed E-state index contributed by atoms with van der Waals surface area (Å²) in [7, 11) is 0. The van der Waals surface area contributed by atoms with Gasteiger partial charge in [0.15, 0.2) is 0 Å². The largest absolute Gasteiger partial charge is 0.310 e. The summed E-state index contributed by atoms with van der Waals surface area (Å²) in [4.78, 5) is 7.31. The molecule has 0 atom stereocenters. The number of thiazole rings is 1. The maximum absolute atomic E-state index is 4.78. The third-order valence-electron chi connectivity index (χ3n) is 3.06. The Hall–Kier alpha value is -0.450.